The number of fused-ring (bicyclic) bond motifs is 1. The van der Waals surface area contributed by atoms with Crippen LogP contribution in [-0.2, 0) is 6.42 Å². The zero-order valence-corrected chi connectivity index (χ0v) is 9.36. The highest BCUT2D eigenvalue weighted by molar-refractivity contribution is 5.49. The van der Waals surface area contributed by atoms with Crippen LogP contribution in [0.15, 0.2) is 18.2 Å². The molecule has 0 saturated heterocycles. The first-order valence-corrected chi connectivity index (χ1v) is 5.31. The predicted molar refractivity (Wildman–Crippen MR) is 62.1 cm³/mol. The minimum Gasteiger partial charge on any atom is -0.493 e. The Labute approximate surface area is 90.8 Å². The van der Waals surface area contributed by atoms with Gasteiger partial charge in [0.2, 0.25) is 0 Å². The first kappa shape index (κ1) is 10.3. The van der Waals surface area contributed by atoms with Crippen LogP contribution < -0.4 is 10.5 Å². The first-order valence-electron chi connectivity index (χ1n) is 5.31. The molecule has 0 fully saturated rings. The molecule has 1 aromatic rings. The summed E-state index contributed by atoms with van der Waals surface area (Å²) in [6.07, 6.45) is 1.09. The van der Waals surface area contributed by atoms with E-state index in [1.54, 1.807) is 0 Å². The van der Waals surface area contributed by atoms with E-state index >= 15 is 0 Å². The fourth-order valence-corrected chi connectivity index (χ4v) is 2.09. The maximum absolute atomic E-state index is 5.71. The van der Waals surface area contributed by atoms with Crippen LogP contribution in [0, 0.1) is 5.92 Å². The van der Waals surface area contributed by atoms with E-state index in [-0.39, 0.29) is 0 Å². The lowest BCUT2D eigenvalue weighted by atomic mass is 9.96. The molecule has 2 N–H and O–H groups in total. The van der Waals surface area contributed by atoms with E-state index in [2.05, 4.69) is 25.1 Å². The van der Waals surface area contributed by atoms with Gasteiger partial charge in [0, 0.05) is 24.2 Å². The molecule has 1 heterocycles. The van der Waals surface area contributed by atoms with Crippen LogP contribution >= 0.6 is 0 Å². The summed E-state index contributed by atoms with van der Waals surface area (Å²) in [6.45, 7) is 1.87. The van der Waals surface area contributed by atoms with E-state index in [1.165, 1.54) is 5.56 Å². The van der Waals surface area contributed by atoms with Crippen LogP contribution in [0.5, 0.6) is 5.75 Å². The van der Waals surface area contributed by atoms with Gasteiger partial charge in [-0.05, 0) is 32.1 Å². The average molecular weight is 206 g/mol. The van der Waals surface area contributed by atoms with Crippen LogP contribution in [-0.4, -0.2) is 32.1 Å². The standard InChI is InChI=1S/C12H18N2O/c1-14(2)7-9-5-10-3-4-11(13)6-12(10)15-8-9/h3-4,6,9H,5,7-8,13H2,1-2H3. The molecule has 0 aromatic heterocycles. The summed E-state index contributed by atoms with van der Waals surface area (Å²) in [6, 6.07) is 5.94. The molecule has 1 aliphatic heterocycles. The zero-order valence-electron chi connectivity index (χ0n) is 9.36. The molecule has 1 aromatic carbocycles. The molecule has 0 saturated carbocycles. The number of anilines is 1. The molecule has 3 heteroatoms. The third kappa shape index (κ3) is 2.42. The van der Waals surface area contributed by atoms with Gasteiger partial charge < -0.3 is 15.4 Å². The lowest BCUT2D eigenvalue weighted by molar-refractivity contribution is 0.188. The monoisotopic (exact) mass is 206 g/mol. The molecule has 0 aliphatic carbocycles. The molecule has 1 unspecified atom stereocenters. The Bertz CT molecular complexity index is 349. The smallest absolute Gasteiger partial charge is 0.124 e. The first-order chi connectivity index (χ1) is 7.15. The molecule has 0 spiro atoms. The van der Waals surface area contributed by atoms with Gasteiger partial charge in [0.15, 0.2) is 0 Å². The van der Waals surface area contributed by atoms with Crippen molar-refractivity contribution in [1.29, 1.82) is 0 Å². The van der Waals surface area contributed by atoms with Gasteiger partial charge in [-0.1, -0.05) is 6.07 Å². The van der Waals surface area contributed by atoms with E-state index in [4.69, 9.17) is 10.5 Å². The highest BCUT2D eigenvalue weighted by Crippen LogP contribution is 2.29. The van der Waals surface area contributed by atoms with Crippen LogP contribution in [0.1, 0.15) is 5.56 Å². The van der Waals surface area contributed by atoms with Crippen molar-refractivity contribution in [3.63, 3.8) is 0 Å². The van der Waals surface area contributed by atoms with Gasteiger partial charge in [-0.2, -0.15) is 0 Å². The van der Waals surface area contributed by atoms with Gasteiger partial charge in [-0.25, -0.2) is 0 Å². The number of benzene rings is 1. The lowest BCUT2D eigenvalue weighted by Gasteiger charge is -2.27. The second kappa shape index (κ2) is 4.11. The molecule has 1 aliphatic rings. The number of nitrogens with two attached hydrogens (primary N) is 1. The van der Waals surface area contributed by atoms with E-state index in [9.17, 15) is 0 Å². The Morgan fingerprint density at radius 3 is 3.00 bits per heavy atom. The van der Waals surface area contributed by atoms with Crippen molar-refractivity contribution in [2.75, 3.05) is 33.0 Å². The third-order valence-corrected chi connectivity index (χ3v) is 2.70. The molecule has 3 nitrogen and oxygen atoms in total. The minimum atomic E-state index is 0.594. The highest BCUT2D eigenvalue weighted by atomic mass is 16.5. The van der Waals surface area contributed by atoms with Crippen molar-refractivity contribution in [1.82, 2.24) is 4.90 Å². The molecular weight excluding hydrogens is 188 g/mol. The topological polar surface area (TPSA) is 38.5 Å². The molecule has 1 atom stereocenters. The van der Waals surface area contributed by atoms with Crippen molar-refractivity contribution in [3.8, 4) is 5.75 Å². The summed E-state index contributed by atoms with van der Waals surface area (Å²) in [5, 5.41) is 0. The van der Waals surface area contributed by atoms with Gasteiger partial charge in [-0.3, -0.25) is 0 Å². The molecule has 0 radical (unpaired) electrons. The largest absolute Gasteiger partial charge is 0.493 e. The Hall–Kier alpha value is -1.22. The van der Waals surface area contributed by atoms with Crippen molar-refractivity contribution >= 4 is 5.69 Å². The van der Waals surface area contributed by atoms with Gasteiger partial charge in [0.1, 0.15) is 5.75 Å². The lowest BCUT2D eigenvalue weighted by Crippen LogP contribution is -2.30. The Morgan fingerprint density at radius 2 is 2.27 bits per heavy atom. The second-order valence-corrected chi connectivity index (χ2v) is 4.51. The van der Waals surface area contributed by atoms with Gasteiger partial charge in [-0.15, -0.1) is 0 Å². The summed E-state index contributed by atoms with van der Waals surface area (Å²) in [4.78, 5) is 2.20. The van der Waals surface area contributed by atoms with E-state index in [0.29, 0.717) is 5.92 Å². The van der Waals surface area contributed by atoms with E-state index in [0.717, 1.165) is 31.0 Å². The fraction of sp³-hybridized carbons (Fsp3) is 0.500. The van der Waals surface area contributed by atoms with Crippen molar-refractivity contribution in [3.05, 3.63) is 23.8 Å². The number of hydrogen-bond acceptors (Lipinski definition) is 3. The number of rotatable bonds is 2. The normalized spacial score (nSPS) is 19.8. The average Bonchev–Trinajstić information content (AvgIpc) is 2.17. The quantitative estimate of drug-likeness (QED) is 0.743. The summed E-state index contributed by atoms with van der Waals surface area (Å²) in [5.41, 5.74) is 7.77. The molecular formula is C12H18N2O. The van der Waals surface area contributed by atoms with Crippen LogP contribution in [0.4, 0.5) is 5.69 Å². The SMILES string of the molecule is CN(C)CC1COc2cc(N)ccc2C1. The highest BCUT2D eigenvalue weighted by Gasteiger charge is 2.20. The van der Waals surface area contributed by atoms with Gasteiger partial charge in [0.25, 0.3) is 0 Å². The minimum absolute atomic E-state index is 0.594. The number of ether oxygens (including phenoxy) is 1. The Kier molecular flexibility index (Phi) is 2.82. The maximum atomic E-state index is 5.71. The van der Waals surface area contributed by atoms with Crippen LogP contribution in [0.3, 0.4) is 0 Å². The predicted octanol–water partition coefficient (Wildman–Crippen LogP) is 1.38. The summed E-state index contributed by atoms with van der Waals surface area (Å²) in [5.74, 6) is 1.56. The fourth-order valence-electron chi connectivity index (χ4n) is 2.09. The maximum Gasteiger partial charge on any atom is 0.124 e. The second-order valence-electron chi connectivity index (χ2n) is 4.51. The Morgan fingerprint density at radius 1 is 1.47 bits per heavy atom. The van der Waals surface area contributed by atoms with Crippen molar-refractivity contribution in [2.45, 2.75) is 6.42 Å². The van der Waals surface area contributed by atoms with Gasteiger partial charge >= 0.3 is 0 Å². The van der Waals surface area contributed by atoms with E-state index < -0.39 is 0 Å². The number of nitrogens with zero attached hydrogens (tertiary/aromatic N) is 1. The number of nitrogen functional groups attached to an aromatic ring is 1. The van der Waals surface area contributed by atoms with Gasteiger partial charge in [0.05, 0.1) is 6.61 Å². The van der Waals surface area contributed by atoms with Crippen LogP contribution in [0.2, 0.25) is 0 Å². The third-order valence-electron chi connectivity index (χ3n) is 2.70. The molecule has 2 rings (SSSR count). The van der Waals surface area contributed by atoms with Crippen molar-refractivity contribution < 1.29 is 4.74 Å². The summed E-state index contributed by atoms with van der Waals surface area (Å²) in [7, 11) is 4.19. The van der Waals surface area contributed by atoms with Crippen molar-refractivity contribution in [2.24, 2.45) is 5.92 Å². The summed E-state index contributed by atoms with van der Waals surface area (Å²) < 4.78 is 5.71. The summed E-state index contributed by atoms with van der Waals surface area (Å²) >= 11 is 0. The molecule has 15 heavy (non-hydrogen) atoms. The number of hydrogen-bond donors (Lipinski definition) is 1. The molecule has 0 bridgehead atoms. The van der Waals surface area contributed by atoms with E-state index in [1.807, 2.05) is 12.1 Å². The molecule has 0 amide bonds. The Balaban J connectivity index is 2.10. The molecule has 82 valence electrons. The zero-order chi connectivity index (χ0) is 10.8. The van der Waals surface area contributed by atoms with Crippen LogP contribution in [0.25, 0.3) is 0 Å².